The van der Waals surface area contributed by atoms with Crippen molar-refractivity contribution in [1.29, 1.82) is 0 Å². The largest absolute Gasteiger partial charge is 1.00 e. The van der Waals surface area contributed by atoms with Crippen molar-refractivity contribution >= 4 is 67.9 Å². The summed E-state index contributed by atoms with van der Waals surface area (Å²) in [5.74, 6) is 0. The van der Waals surface area contributed by atoms with Crippen LogP contribution in [-0.2, 0) is 26.2 Å². The van der Waals surface area contributed by atoms with Crippen LogP contribution in [0.25, 0.3) is 67.9 Å². The molecule has 0 saturated heterocycles. The normalized spacial score (nSPS) is 11.4. The van der Waals surface area contributed by atoms with Crippen molar-refractivity contribution in [2.24, 2.45) is 11.5 Å². The van der Waals surface area contributed by atoms with Gasteiger partial charge in [0.15, 0.2) is 24.8 Å². The Balaban J connectivity index is 0.000000207. The van der Waals surface area contributed by atoms with E-state index in [4.69, 9.17) is 11.5 Å². The van der Waals surface area contributed by atoms with E-state index < -0.39 is 0 Å². The van der Waals surface area contributed by atoms with Crippen molar-refractivity contribution < 1.29 is 43.1 Å². The summed E-state index contributed by atoms with van der Waals surface area (Å²) in [6.07, 6.45) is 19.2. The molecule has 0 spiro atoms. The minimum atomic E-state index is 0. The first kappa shape index (κ1) is 42.3. The molecule has 8 heteroatoms. The monoisotopic (exact) mass is 870 g/mol. The Morgan fingerprint density at radius 2 is 0.804 bits per heavy atom. The van der Waals surface area contributed by atoms with Crippen LogP contribution in [-0.4, -0.2) is 22.2 Å². The van der Waals surface area contributed by atoms with Gasteiger partial charge in [-0.25, -0.2) is 9.13 Å². The van der Waals surface area contributed by atoms with E-state index in [0.717, 1.165) is 52.1 Å². The summed E-state index contributed by atoms with van der Waals surface area (Å²) in [6.45, 7) is 9.76. The van der Waals surface area contributed by atoms with Gasteiger partial charge in [0.2, 0.25) is 0 Å². The van der Waals surface area contributed by atoms with E-state index in [1.54, 1.807) is 0 Å². The van der Waals surface area contributed by atoms with Gasteiger partial charge < -0.3 is 54.6 Å². The van der Waals surface area contributed by atoms with Crippen molar-refractivity contribution in [2.75, 3.05) is 13.1 Å². The van der Waals surface area contributed by atoms with Crippen molar-refractivity contribution in [3.63, 3.8) is 0 Å². The highest BCUT2D eigenvalue weighted by Gasteiger charge is 2.10. The number of hydrogen-bond acceptors (Lipinski definition) is 2. The number of fused-ring (bicyclic) bond motifs is 6. The van der Waals surface area contributed by atoms with Crippen LogP contribution < -0.4 is 54.6 Å². The average molecular weight is 873 g/mol. The van der Waals surface area contributed by atoms with E-state index in [9.17, 15) is 0 Å². The molecule has 4 aromatic carbocycles. The van der Waals surface area contributed by atoms with Crippen molar-refractivity contribution in [1.82, 2.24) is 9.13 Å². The third-order valence-corrected chi connectivity index (χ3v) is 10.2. The molecule has 4 N–H and O–H groups in total. The third-order valence-electron chi connectivity index (χ3n) is 10.2. The summed E-state index contributed by atoms with van der Waals surface area (Å²) in [5.41, 5.74) is 21.2. The Kier molecular flexibility index (Phi) is 15.4. The zero-order chi connectivity index (χ0) is 37.3. The summed E-state index contributed by atoms with van der Waals surface area (Å²) >= 11 is 0. The van der Waals surface area contributed by atoms with Crippen LogP contribution in [0, 0.1) is 0 Å². The van der Waals surface area contributed by atoms with Crippen LogP contribution in [0.1, 0.15) is 48.9 Å². The summed E-state index contributed by atoms with van der Waals surface area (Å²) in [4.78, 5) is 0. The van der Waals surface area contributed by atoms with E-state index >= 15 is 0 Å². The lowest BCUT2D eigenvalue weighted by Gasteiger charge is -2.02. The van der Waals surface area contributed by atoms with Crippen LogP contribution in [0.5, 0.6) is 0 Å². The molecule has 0 aliphatic carbocycles. The van der Waals surface area contributed by atoms with Gasteiger partial charge in [-0.15, -0.1) is 0 Å². The molecule has 8 aromatic rings. The second kappa shape index (κ2) is 20.3. The van der Waals surface area contributed by atoms with E-state index in [1.807, 2.05) is 0 Å². The van der Waals surface area contributed by atoms with Gasteiger partial charge in [-0.05, 0) is 85.6 Å². The molecular weight excluding hydrogens is 820 g/mol. The number of halogens is 2. The average Bonchev–Trinajstić information content (AvgIpc) is 3.73. The van der Waals surface area contributed by atoms with Crippen LogP contribution in [0.4, 0.5) is 0 Å². The van der Waals surface area contributed by atoms with Crippen LogP contribution >= 0.6 is 0 Å². The zero-order valence-electron chi connectivity index (χ0n) is 32.4. The number of aryl methyl sites for hydroxylation is 4. The third kappa shape index (κ3) is 9.56. The first-order chi connectivity index (χ1) is 26.6. The number of hydrogen-bond donors (Lipinski definition) is 2. The highest BCUT2D eigenvalue weighted by molar-refractivity contribution is 6.09. The molecule has 0 unspecified atom stereocenters. The van der Waals surface area contributed by atoms with E-state index in [-0.39, 0.29) is 34.0 Å². The van der Waals surface area contributed by atoms with Gasteiger partial charge in [-0.3, -0.25) is 0 Å². The summed E-state index contributed by atoms with van der Waals surface area (Å²) < 4.78 is 9.12. The van der Waals surface area contributed by atoms with Gasteiger partial charge in [0, 0.05) is 93.8 Å². The minimum absolute atomic E-state index is 0. The molecule has 0 fully saturated rings. The van der Waals surface area contributed by atoms with E-state index in [2.05, 4.69) is 190 Å². The fourth-order valence-electron chi connectivity index (χ4n) is 7.42. The first-order valence-corrected chi connectivity index (χ1v) is 19.4. The minimum Gasteiger partial charge on any atom is -1.00 e. The number of rotatable bonds is 12. The highest BCUT2D eigenvalue weighted by Crippen LogP contribution is 2.31. The standard InChI is InChI=1S/2C24H26N3.2BrH/c2*1-2-27-23-7-4-3-6-21(23)22-18-20(10-11-24(22)27)9-8-19-12-16-26(17-13-19)15-5-14-25;;/h2*3-4,6-13,16-18H,2,5,14-15,25H2,1H3;2*1H/q2*+1;;/p-2. The summed E-state index contributed by atoms with van der Waals surface area (Å²) in [7, 11) is 0. The molecule has 8 rings (SSSR count). The maximum absolute atomic E-state index is 5.58. The van der Waals surface area contributed by atoms with Gasteiger partial charge in [-0.1, -0.05) is 72.8 Å². The molecular formula is C48H52Br2N6. The fourth-order valence-corrected chi connectivity index (χ4v) is 7.42. The lowest BCUT2D eigenvalue weighted by molar-refractivity contribution is -0.697. The number of pyridine rings is 2. The first-order valence-electron chi connectivity index (χ1n) is 19.4. The Hall–Kier alpha value is -4.86. The summed E-state index contributed by atoms with van der Waals surface area (Å²) in [5, 5.41) is 5.29. The summed E-state index contributed by atoms with van der Waals surface area (Å²) in [6, 6.07) is 39.4. The van der Waals surface area contributed by atoms with Gasteiger partial charge in [-0.2, -0.15) is 0 Å². The molecule has 0 aliphatic heterocycles. The van der Waals surface area contributed by atoms with Crippen LogP contribution in [0.3, 0.4) is 0 Å². The van der Waals surface area contributed by atoms with Gasteiger partial charge in [0.25, 0.3) is 0 Å². The van der Waals surface area contributed by atoms with E-state index in [0.29, 0.717) is 0 Å². The molecule has 0 radical (unpaired) electrons. The van der Waals surface area contributed by atoms with Crippen molar-refractivity contribution in [3.05, 3.63) is 156 Å². The fraction of sp³-hybridized carbons (Fsp3) is 0.208. The maximum Gasteiger partial charge on any atom is 0.169 e. The second-order valence-corrected chi connectivity index (χ2v) is 13.8. The number of benzene rings is 4. The van der Waals surface area contributed by atoms with Gasteiger partial charge >= 0.3 is 0 Å². The van der Waals surface area contributed by atoms with Crippen molar-refractivity contribution in [2.45, 2.75) is 52.9 Å². The number of aromatic nitrogens is 4. The number of nitrogens with zero attached hydrogens (tertiary/aromatic N) is 4. The maximum atomic E-state index is 5.58. The molecule has 0 aliphatic rings. The predicted octanol–water partition coefficient (Wildman–Crippen LogP) is 3.25. The second-order valence-electron chi connectivity index (χ2n) is 13.8. The van der Waals surface area contributed by atoms with Crippen LogP contribution in [0.15, 0.2) is 134 Å². The highest BCUT2D eigenvalue weighted by atomic mass is 79.9. The molecule has 0 saturated carbocycles. The predicted molar refractivity (Wildman–Crippen MR) is 229 cm³/mol. The smallest absolute Gasteiger partial charge is 0.169 e. The lowest BCUT2D eigenvalue weighted by atomic mass is 10.1. The molecule has 0 amide bonds. The number of nitrogens with two attached hydrogens (primary N) is 2. The Labute approximate surface area is 351 Å². The topological polar surface area (TPSA) is 69.7 Å². The Morgan fingerprint density at radius 3 is 1.18 bits per heavy atom. The zero-order valence-corrected chi connectivity index (χ0v) is 35.5. The quantitative estimate of drug-likeness (QED) is 0.186. The lowest BCUT2D eigenvalue weighted by Crippen LogP contribution is -3.00. The molecule has 0 atom stereocenters. The molecule has 4 aromatic heterocycles. The molecule has 6 nitrogen and oxygen atoms in total. The van der Waals surface area contributed by atoms with Crippen molar-refractivity contribution in [3.8, 4) is 0 Å². The molecule has 4 heterocycles. The number of para-hydroxylation sites is 2. The Morgan fingerprint density at radius 1 is 0.446 bits per heavy atom. The molecule has 0 bridgehead atoms. The molecule has 288 valence electrons. The van der Waals surface area contributed by atoms with Gasteiger partial charge in [0.05, 0.1) is 0 Å². The SMILES string of the molecule is CCn1c2ccccc2c2cc(/C=C/c3cc[n+](CCCN)cc3)ccc21.CCn1c2ccccc2c2cc(/C=C/c3cc[n+](CCCN)cc3)ccc21.[Br-].[Br-]. The molecule has 56 heavy (non-hydrogen) atoms. The van der Waals surface area contributed by atoms with E-state index in [1.165, 1.54) is 65.9 Å². The van der Waals surface area contributed by atoms with Gasteiger partial charge in [0.1, 0.15) is 13.1 Å². The van der Waals surface area contributed by atoms with Crippen LogP contribution in [0.2, 0.25) is 0 Å². The Bertz CT molecular complexity index is 2370.